The van der Waals surface area contributed by atoms with Crippen LogP contribution in [0.2, 0.25) is 0 Å². The molecule has 2 N–H and O–H groups in total. The van der Waals surface area contributed by atoms with Gasteiger partial charge in [-0.05, 0) is 37.0 Å². The van der Waals surface area contributed by atoms with E-state index in [4.69, 9.17) is 4.74 Å². The normalized spacial score (nSPS) is 13.8. The predicted molar refractivity (Wildman–Crippen MR) is 91.2 cm³/mol. The highest BCUT2D eigenvalue weighted by molar-refractivity contribution is 6.11. The number of hydrogen-bond acceptors (Lipinski definition) is 4. The van der Waals surface area contributed by atoms with E-state index in [1.165, 1.54) is 25.1 Å². The SMILES string of the molecule is COc1c(F)ccc(NC(=O)c2ccnc3nc(CC4CC4)[nH]c23)c1F. The summed E-state index contributed by atoms with van der Waals surface area (Å²) in [6.07, 6.45) is 4.66. The number of ether oxygens (including phenoxy) is 1. The van der Waals surface area contributed by atoms with Crippen molar-refractivity contribution in [2.24, 2.45) is 5.92 Å². The molecule has 0 radical (unpaired) electrons. The first kappa shape index (κ1) is 16.4. The van der Waals surface area contributed by atoms with E-state index in [2.05, 4.69) is 20.3 Å². The van der Waals surface area contributed by atoms with Crippen molar-refractivity contribution in [3.05, 3.63) is 47.4 Å². The lowest BCUT2D eigenvalue weighted by molar-refractivity contribution is 0.102. The smallest absolute Gasteiger partial charge is 0.258 e. The van der Waals surface area contributed by atoms with E-state index in [9.17, 15) is 13.6 Å². The highest BCUT2D eigenvalue weighted by atomic mass is 19.1. The first-order valence-corrected chi connectivity index (χ1v) is 8.23. The molecule has 1 aliphatic rings. The van der Waals surface area contributed by atoms with Gasteiger partial charge < -0.3 is 15.0 Å². The Morgan fingerprint density at radius 1 is 1.35 bits per heavy atom. The molecule has 0 aliphatic heterocycles. The summed E-state index contributed by atoms with van der Waals surface area (Å²) in [5.41, 5.74) is 1.05. The number of carbonyl (C=O) groups excluding carboxylic acids is 1. The number of methoxy groups -OCH3 is 1. The van der Waals surface area contributed by atoms with Crippen LogP contribution in [0.15, 0.2) is 24.4 Å². The van der Waals surface area contributed by atoms with E-state index < -0.39 is 23.3 Å². The topological polar surface area (TPSA) is 79.9 Å². The number of nitrogens with one attached hydrogen (secondary N) is 2. The Bertz CT molecular complexity index is 998. The Kier molecular flexibility index (Phi) is 4.02. The van der Waals surface area contributed by atoms with Gasteiger partial charge in [0, 0.05) is 12.6 Å². The fourth-order valence-corrected chi connectivity index (χ4v) is 2.85. The van der Waals surface area contributed by atoms with Crippen molar-refractivity contribution in [3.8, 4) is 5.75 Å². The van der Waals surface area contributed by atoms with Gasteiger partial charge in [0.15, 0.2) is 23.0 Å². The molecule has 2 aromatic heterocycles. The van der Waals surface area contributed by atoms with Crippen LogP contribution < -0.4 is 10.1 Å². The zero-order valence-electron chi connectivity index (χ0n) is 14.0. The number of nitrogens with zero attached hydrogens (tertiary/aromatic N) is 2. The number of anilines is 1. The minimum absolute atomic E-state index is 0.170. The molecule has 0 atom stereocenters. The quantitative estimate of drug-likeness (QED) is 0.732. The first-order valence-electron chi connectivity index (χ1n) is 8.23. The van der Waals surface area contributed by atoms with Gasteiger partial charge in [-0.3, -0.25) is 4.79 Å². The number of halogens is 2. The maximum Gasteiger partial charge on any atom is 0.258 e. The van der Waals surface area contributed by atoms with Gasteiger partial charge in [0.1, 0.15) is 5.82 Å². The van der Waals surface area contributed by atoms with Crippen molar-refractivity contribution in [3.63, 3.8) is 0 Å². The summed E-state index contributed by atoms with van der Waals surface area (Å²) in [4.78, 5) is 24.3. The maximum absolute atomic E-state index is 14.3. The minimum atomic E-state index is -0.967. The molecule has 134 valence electrons. The second-order valence-electron chi connectivity index (χ2n) is 6.28. The summed E-state index contributed by atoms with van der Waals surface area (Å²) in [5, 5.41) is 2.45. The summed E-state index contributed by atoms with van der Waals surface area (Å²) < 4.78 is 32.5. The zero-order valence-corrected chi connectivity index (χ0v) is 14.0. The van der Waals surface area contributed by atoms with E-state index in [-0.39, 0.29) is 11.3 Å². The molecule has 26 heavy (non-hydrogen) atoms. The Morgan fingerprint density at radius 2 is 2.15 bits per heavy atom. The van der Waals surface area contributed by atoms with Crippen LogP contribution in [-0.2, 0) is 6.42 Å². The van der Waals surface area contributed by atoms with Crippen molar-refractivity contribution in [2.75, 3.05) is 12.4 Å². The number of imidazole rings is 1. The number of fused-ring (bicyclic) bond motifs is 1. The molecule has 6 nitrogen and oxygen atoms in total. The van der Waals surface area contributed by atoms with Gasteiger partial charge >= 0.3 is 0 Å². The summed E-state index contributed by atoms with van der Waals surface area (Å²) in [6.45, 7) is 0. The fraction of sp³-hybridized carbons (Fsp3) is 0.278. The molecule has 1 aromatic carbocycles. The van der Waals surface area contributed by atoms with E-state index in [0.717, 1.165) is 31.5 Å². The van der Waals surface area contributed by atoms with Crippen molar-refractivity contribution in [2.45, 2.75) is 19.3 Å². The molecule has 0 saturated heterocycles. The van der Waals surface area contributed by atoms with Crippen molar-refractivity contribution >= 4 is 22.8 Å². The van der Waals surface area contributed by atoms with Gasteiger partial charge in [-0.2, -0.15) is 0 Å². The molecule has 0 spiro atoms. The average molecular weight is 358 g/mol. The number of amides is 1. The molecule has 8 heteroatoms. The van der Waals surface area contributed by atoms with Crippen molar-refractivity contribution in [1.29, 1.82) is 0 Å². The summed E-state index contributed by atoms with van der Waals surface area (Å²) in [7, 11) is 1.16. The third-order valence-corrected chi connectivity index (χ3v) is 4.37. The Balaban J connectivity index is 1.65. The van der Waals surface area contributed by atoms with E-state index in [1.54, 1.807) is 0 Å². The van der Waals surface area contributed by atoms with Crippen LogP contribution in [0.5, 0.6) is 5.75 Å². The monoisotopic (exact) mass is 358 g/mol. The molecule has 1 fully saturated rings. The van der Waals surface area contributed by atoms with Crippen LogP contribution in [0.4, 0.5) is 14.5 Å². The number of aromatic amines is 1. The average Bonchev–Trinajstić information content (AvgIpc) is 3.33. The number of carbonyl (C=O) groups is 1. The highest BCUT2D eigenvalue weighted by Crippen LogP contribution is 2.32. The van der Waals surface area contributed by atoms with Crippen LogP contribution in [0.25, 0.3) is 11.2 Å². The van der Waals surface area contributed by atoms with Crippen LogP contribution in [-0.4, -0.2) is 28.0 Å². The molecule has 0 unspecified atom stereocenters. The number of benzene rings is 1. The predicted octanol–water partition coefficient (Wildman–Crippen LogP) is 3.45. The molecule has 4 rings (SSSR count). The molecular formula is C18H16F2N4O2. The van der Waals surface area contributed by atoms with Crippen LogP contribution in [0, 0.1) is 17.6 Å². The molecule has 3 aromatic rings. The van der Waals surface area contributed by atoms with Gasteiger partial charge in [0.2, 0.25) is 0 Å². The molecular weight excluding hydrogens is 342 g/mol. The largest absolute Gasteiger partial charge is 0.491 e. The Morgan fingerprint density at radius 3 is 2.88 bits per heavy atom. The lowest BCUT2D eigenvalue weighted by atomic mass is 10.2. The van der Waals surface area contributed by atoms with Crippen LogP contribution in [0.1, 0.15) is 29.0 Å². The summed E-state index contributed by atoms with van der Waals surface area (Å²) in [6, 6.07) is 3.70. The molecule has 2 heterocycles. The number of H-pyrrole nitrogens is 1. The lowest BCUT2D eigenvalue weighted by Gasteiger charge is -2.10. The Labute approximate surface area is 147 Å². The van der Waals surface area contributed by atoms with Crippen LogP contribution in [0.3, 0.4) is 0 Å². The third kappa shape index (κ3) is 2.98. The number of aromatic nitrogens is 3. The van der Waals surface area contributed by atoms with Gasteiger partial charge in [0.25, 0.3) is 5.91 Å². The zero-order chi connectivity index (χ0) is 18.3. The Hall–Kier alpha value is -3.03. The number of pyridine rings is 1. The van der Waals surface area contributed by atoms with Crippen LogP contribution >= 0.6 is 0 Å². The van der Waals surface area contributed by atoms with Gasteiger partial charge in [-0.15, -0.1) is 0 Å². The number of hydrogen-bond donors (Lipinski definition) is 2. The summed E-state index contributed by atoms with van der Waals surface area (Å²) >= 11 is 0. The number of rotatable bonds is 5. The molecule has 1 aliphatic carbocycles. The first-order chi connectivity index (χ1) is 12.6. The van der Waals surface area contributed by atoms with Gasteiger partial charge in [0.05, 0.1) is 23.9 Å². The molecule has 0 bridgehead atoms. The van der Waals surface area contributed by atoms with E-state index in [1.807, 2.05) is 0 Å². The van der Waals surface area contributed by atoms with Gasteiger partial charge in [-0.1, -0.05) is 0 Å². The van der Waals surface area contributed by atoms with Crippen molar-refractivity contribution < 1.29 is 18.3 Å². The second kappa shape index (κ2) is 6.36. The van der Waals surface area contributed by atoms with Gasteiger partial charge in [-0.25, -0.2) is 18.7 Å². The van der Waals surface area contributed by atoms with E-state index >= 15 is 0 Å². The lowest BCUT2D eigenvalue weighted by Crippen LogP contribution is -2.14. The highest BCUT2D eigenvalue weighted by Gasteiger charge is 2.24. The maximum atomic E-state index is 14.3. The second-order valence-corrected chi connectivity index (χ2v) is 6.28. The molecule has 1 saturated carbocycles. The summed E-state index contributed by atoms with van der Waals surface area (Å²) in [5.74, 6) is -1.49. The fourth-order valence-electron chi connectivity index (χ4n) is 2.85. The minimum Gasteiger partial charge on any atom is -0.491 e. The van der Waals surface area contributed by atoms with Crippen molar-refractivity contribution in [1.82, 2.24) is 15.0 Å². The van der Waals surface area contributed by atoms with E-state index in [0.29, 0.717) is 17.1 Å². The third-order valence-electron chi connectivity index (χ3n) is 4.37. The molecule has 1 amide bonds. The standard InChI is InChI=1S/C18H16F2N4O2/c1-26-16-11(19)4-5-12(14(16)20)22-18(25)10-6-7-21-17-15(10)23-13(24-17)8-9-2-3-9/h4-7,9H,2-3,8H2,1H3,(H,22,25)(H,21,23,24).